The molecular weight excluding hydrogens is 273 g/mol. The summed E-state index contributed by atoms with van der Waals surface area (Å²) in [5, 5.41) is 1.62. The first-order chi connectivity index (χ1) is 8.64. The van der Waals surface area contributed by atoms with E-state index in [1.54, 1.807) is 5.32 Å². The van der Waals surface area contributed by atoms with E-state index in [0.717, 1.165) is 13.1 Å². The van der Waals surface area contributed by atoms with E-state index in [9.17, 15) is 26.7 Å². The molecule has 1 aliphatic heterocycles. The first-order valence-electron chi connectivity index (χ1n) is 5.78. The van der Waals surface area contributed by atoms with E-state index in [0.29, 0.717) is 13.1 Å². The standard InChI is InChI=1S/C10H16F5N3O/c1-17-4-6-18(7-5-17)3-2-16-8(19)9(11,12)10(13,14)15/h2-7H2,1H3,(H,16,19). The van der Waals surface area contributed by atoms with E-state index in [4.69, 9.17) is 0 Å². The van der Waals surface area contributed by atoms with Gasteiger partial charge in [-0.05, 0) is 7.05 Å². The number of halogens is 5. The van der Waals surface area contributed by atoms with Gasteiger partial charge in [-0.15, -0.1) is 0 Å². The lowest BCUT2D eigenvalue weighted by atomic mass is 10.3. The second kappa shape index (κ2) is 6.00. The smallest absolute Gasteiger partial charge is 0.349 e. The summed E-state index contributed by atoms with van der Waals surface area (Å²) >= 11 is 0. The van der Waals surface area contributed by atoms with Gasteiger partial charge < -0.3 is 10.2 Å². The Hall–Kier alpha value is -0.960. The van der Waals surface area contributed by atoms with E-state index in [-0.39, 0.29) is 13.1 Å². The Labute approximate surface area is 107 Å². The third kappa shape index (κ3) is 4.27. The lowest BCUT2D eigenvalue weighted by Gasteiger charge is -2.32. The van der Waals surface area contributed by atoms with Gasteiger partial charge in [0.2, 0.25) is 0 Å². The molecule has 0 radical (unpaired) electrons. The van der Waals surface area contributed by atoms with Crippen LogP contribution in [-0.2, 0) is 4.79 Å². The van der Waals surface area contributed by atoms with Crippen molar-refractivity contribution in [1.29, 1.82) is 0 Å². The molecule has 0 aromatic carbocycles. The predicted molar refractivity (Wildman–Crippen MR) is 57.9 cm³/mol. The molecule has 0 spiro atoms. The number of piperazine rings is 1. The first-order valence-corrected chi connectivity index (χ1v) is 5.78. The van der Waals surface area contributed by atoms with Crippen LogP contribution in [0.15, 0.2) is 0 Å². The molecule has 1 fully saturated rings. The molecule has 1 amide bonds. The van der Waals surface area contributed by atoms with Crippen molar-refractivity contribution in [3.8, 4) is 0 Å². The molecule has 1 N–H and O–H groups in total. The molecule has 0 bridgehead atoms. The molecule has 4 nitrogen and oxygen atoms in total. The molecular formula is C10H16F5N3O. The van der Waals surface area contributed by atoms with Crippen molar-refractivity contribution < 1.29 is 26.7 Å². The van der Waals surface area contributed by atoms with Gasteiger partial charge >= 0.3 is 12.1 Å². The summed E-state index contributed by atoms with van der Waals surface area (Å²) in [6.07, 6.45) is -5.86. The first kappa shape index (κ1) is 16.1. The number of likely N-dealkylation sites (N-methyl/N-ethyl adjacent to an activating group) is 1. The number of nitrogens with one attached hydrogen (secondary N) is 1. The number of nitrogens with zero attached hydrogens (tertiary/aromatic N) is 2. The van der Waals surface area contributed by atoms with E-state index in [2.05, 4.69) is 4.90 Å². The minimum Gasteiger partial charge on any atom is -0.349 e. The topological polar surface area (TPSA) is 35.6 Å². The molecule has 1 rings (SSSR count). The van der Waals surface area contributed by atoms with Gasteiger partial charge in [-0.1, -0.05) is 0 Å². The van der Waals surface area contributed by atoms with Crippen LogP contribution in [0.2, 0.25) is 0 Å². The largest absolute Gasteiger partial charge is 0.463 e. The molecule has 1 saturated heterocycles. The highest BCUT2D eigenvalue weighted by Crippen LogP contribution is 2.35. The molecule has 19 heavy (non-hydrogen) atoms. The van der Waals surface area contributed by atoms with E-state index >= 15 is 0 Å². The SMILES string of the molecule is CN1CCN(CCNC(=O)C(F)(F)C(F)(F)F)CC1. The summed E-state index contributed by atoms with van der Waals surface area (Å²) in [5.74, 6) is -7.64. The van der Waals surface area contributed by atoms with Gasteiger partial charge in [-0.3, -0.25) is 9.69 Å². The van der Waals surface area contributed by atoms with Crippen LogP contribution in [0.4, 0.5) is 22.0 Å². The van der Waals surface area contributed by atoms with Gasteiger partial charge in [0.15, 0.2) is 0 Å². The monoisotopic (exact) mass is 289 g/mol. The van der Waals surface area contributed by atoms with Gasteiger partial charge in [0.05, 0.1) is 0 Å². The zero-order valence-electron chi connectivity index (χ0n) is 10.4. The van der Waals surface area contributed by atoms with Gasteiger partial charge in [-0.25, -0.2) is 0 Å². The number of alkyl halides is 5. The molecule has 1 heterocycles. The number of carbonyl (C=O) groups is 1. The molecule has 0 saturated carbocycles. The Morgan fingerprint density at radius 1 is 1.11 bits per heavy atom. The van der Waals surface area contributed by atoms with Gasteiger partial charge in [0.25, 0.3) is 5.91 Å². The quantitative estimate of drug-likeness (QED) is 0.768. The third-order valence-corrected chi connectivity index (χ3v) is 2.95. The highest BCUT2D eigenvalue weighted by Gasteiger charge is 2.63. The van der Waals surface area contributed by atoms with Crippen LogP contribution >= 0.6 is 0 Å². The maximum Gasteiger partial charge on any atom is 0.463 e. The molecule has 112 valence electrons. The van der Waals surface area contributed by atoms with Crippen molar-refractivity contribution in [2.75, 3.05) is 46.3 Å². The summed E-state index contributed by atoms with van der Waals surface area (Å²) < 4.78 is 60.8. The number of hydrogen-bond donors (Lipinski definition) is 1. The maximum atomic E-state index is 12.6. The molecule has 0 aliphatic carbocycles. The minimum absolute atomic E-state index is 0.228. The van der Waals surface area contributed by atoms with Crippen LogP contribution in [0.3, 0.4) is 0 Å². The Kier molecular flexibility index (Phi) is 5.08. The van der Waals surface area contributed by atoms with Gasteiger partial charge in [0, 0.05) is 39.3 Å². The zero-order valence-corrected chi connectivity index (χ0v) is 10.4. The molecule has 0 aromatic heterocycles. The number of hydrogen-bond acceptors (Lipinski definition) is 3. The highest BCUT2D eigenvalue weighted by atomic mass is 19.4. The fraction of sp³-hybridized carbons (Fsp3) is 0.900. The van der Waals surface area contributed by atoms with Crippen LogP contribution in [0, 0.1) is 0 Å². The van der Waals surface area contributed by atoms with E-state index in [1.807, 2.05) is 11.9 Å². The lowest BCUT2D eigenvalue weighted by molar-refractivity contribution is -0.269. The van der Waals surface area contributed by atoms with Crippen LogP contribution in [-0.4, -0.2) is 74.1 Å². The number of carbonyl (C=O) groups excluding carboxylic acids is 1. The fourth-order valence-electron chi connectivity index (χ4n) is 1.64. The summed E-state index contributed by atoms with van der Waals surface area (Å²) in [5.41, 5.74) is 0. The number of rotatable bonds is 4. The van der Waals surface area contributed by atoms with Crippen molar-refractivity contribution in [3.63, 3.8) is 0 Å². The van der Waals surface area contributed by atoms with Crippen molar-refractivity contribution in [2.24, 2.45) is 0 Å². The number of amides is 1. The average molecular weight is 289 g/mol. The Balaban J connectivity index is 2.31. The van der Waals surface area contributed by atoms with Crippen LogP contribution in [0.25, 0.3) is 0 Å². The Morgan fingerprint density at radius 2 is 1.63 bits per heavy atom. The predicted octanol–water partition coefficient (Wildman–Crippen LogP) is 0.548. The van der Waals surface area contributed by atoms with Crippen molar-refractivity contribution in [1.82, 2.24) is 15.1 Å². The van der Waals surface area contributed by atoms with Crippen molar-refractivity contribution >= 4 is 5.91 Å². The third-order valence-electron chi connectivity index (χ3n) is 2.95. The molecule has 0 atom stereocenters. The van der Waals surface area contributed by atoms with Crippen molar-refractivity contribution in [2.45, 2.75) is 12.1 Å². The highest BCUT2D eigenvalue weighted by molar-refractivity contribution is 5.84. The molecule has 1 aliphatic rings. The van der Waals surface area contributed by atoms with Crippen LogP contribution < -0.4 is 5.32 Å². The van der Waals surface area contributed by atoms with Gasteiger partial charge in [0.1, 0.15) is 0 Å². The summed E-state index contributed by atoms with van der Waals surface area (Å²) in [7, 11) is 1.93. The molecule has 0 aromatic rings. The zero-order chi connectivity index (χ0) is 14.7. The van der Waals surface area contributed by atoms with Crippen molar-refractivity contribution in [3.05, 3.63) is 0 Å². The summed E-state index contributed by atoms with van der Waals surface area (Å²) in [4.78, 5) is 14.8. The Bertz CT molecular complexity index is 313. The van der Waals surface area contributed by atoms with Gasteiger partial charge in [-0.2, -0.15) is 22.0 Å². The van der Waals surface area contributed by atoms with E-state index in [1.165, 1.54) is 0 Å². The molecule has 9 heteroatoms. The van der Waals surface area contributed by atoms with E-state index < -0.39 is 18.0 Å². The minimum atomic E-state index is -5.86. The Morgan fingerprint density at radius 3 is 2.11 bits per heavy atom. The van der Waals surface area contributed by atoms with Crippen LogP contribution in [0.5, 0.6) is 0 Å². The normalized spacial score (nSPS) is 19.5. The fourth-order valence-corrected chi connectivity index (χ4v) is 1.64. The summed E-state index contributed by atoms with van der Waals surface area (Å²) in [6, 6.07) is 0. The van der Waals surface area contributed by atoms with Crippen LogP contribution in [0.1, 0.15) is 0 Å². The second-order valence-electron chi connectivity index (χ2n) is 4.47. The second-order valence-corrected chi connectivity index (χ2v) is 4.47. The maximum absolute atomic E-state index is 12.6. The molecule has 0 unspecified atom stereocenters. The lowest BCUT2D eigenvalue weighted by Crippen LogP contribution is -2.52. The summed E-state index contributed by atoms with van der Waals surface area (Å²) in [6.45, 7) is 3.02. The average Bonchev–Trinajstić information content (AvgIpc) is 2.30.